The van der Waals surface area contributed by atoms with Gasteiger partial charge in [-0.3, -0.25) is 9.69 Å². The highest BCUT2D eigenvalue weighted by Crippen LogP contribution is 2.40. The lowest BCUT2D eigenvalue weighted by molar-refractivity contribution is -0.132. The maximum absolute atomic E-state index is 12.6. The molecule has 0 spiro atoms. The summed E-state index contributed by atoms with van der Waals surface area (Å²) in [6, 6.07) is 0.199. The molecule has 1 N–H and O–H groups in total. The lowest BCUT2D eigenvalue weighted by Crippen LogP contribution is -2.46. The Morgan fingerprint density at radius 1 is 1.25 bits per heavy atom. The van der Waals surface area contributed by atoms with E-state index >= 15 is 0 Å². The number of rotatable bonds is 3. The van der Waals surface area contributed by atoms with Gasteiger partial charge in [-0.1, -0.05) is 12.8 Å². The summed E-state index contributed by atoms with van der Waals surface area (Å²) < 4.78 is 5.96. The molecule has 2 aliphatic heterocycles. The Morgan fingerprint density at radius 2 is 1.95 bits per heavy atom. The Balaban J connectivity index is 2.12. The number of Topliss-reactive ketones (excluding diaryl/α,β-unsaturated/α-hetero) is 1. The molecule has 2 aliphatic rings. The molecule has 0 aromatic carbocycles. The largest absolute Gasteiger partial charge is 0.395 e. The summed E-state index contributed by atoms with van der Waals surface area (Å²) in [6.45, 7) is 9.62. The number of ether oxygens (including phenoxy) is 1. The number of hydrogen-bond acceptors (Lipinski definition) is 4. The number of likely N-dealkylation sites (tertiary alicyclic amines) is 1. The minimum absolute atomic E-state index is 0.107. The zero-order valence-corrected chi connectivity index (χ0v) is 13.3. The van der Waals surface area contributed by atoms with Gasteiger partial charge in [0.2, 0.25) is 0 Å². The molecule has 0 saturated carbocycles. The zero-order valence-electron chi connectivity index (χ0n) is 13.3. The second kappa shape index (κ2) is 5.74. The van der Waals surface area contributed by atoms with Gasteiger partial charge < -0.3 is 9.84 Å². The van der Waals surface area contributed by atoms with Crippen molar-refractivity contribution in [1.29, 1.82) is 0 Å². The van der Waals surface area contributed by atoms with Crippen LogP contribution in [0.15, 0.2) is 0 Å². The van der Waals surface area contributed by atoms with Crippen LogP contribution < -0.4 is 0 Å². The predicted molar refractivity (Wildman–Crippen MR) is 78.7 cm³/mol. The molecule has 2 saturated heterocycles. The van der Waals surface area contributed by atoms with Gasteiger partial charge in [0.15, 0.2) is 5.78 Å². The highest BCUT2D eigenvalue weighted by molar-refractivity contribution is 5.91. The molecule has 116 valence electrons. The van der Waals surface area contributed by atoms with E-state index in [1.165, 1.54) is 12.8 Å². The predicted octanol–water partition coefficient (Wildman–Crippen LogP) is 2.00. The number of aliphatic hydroxyl groups is 1. The van der Waals surface area contributed by atoms with E-state index < -0.39 is 11.2 Å². The maximum atomic E-state index is 12.6. The van der Waals surface area contributed by atoms with Crippen molar-refractivity contribution in [3.8, 4) is 0 Å². The number of nitrogens with zero attached hydrogens (tertiary/aromatic N) is 1. The number of aliphatic hydroxyl groups excluding tert-OH is 1. The van der Waals surface area contributed by atoms with Crippen LogP contribution in [0.1, 0.15) is 53.4 Å². The first-order chi connectivity index (χ1) is 9.28. The Bertz CT molecular complexity index is 365. The second-order valence-corrected chi connectivity index (χ2v) is 7.31. The molecule has 0 aromatic rings. The van der Waals surface area contributed by atoms with Crippen LogP contribution in [0.4, 0.5) is 0 Å². The van der Waals surface area contributed by atoms with Gasteiger partial charge in [0.25, 0.3) is 0 Å². The first-order valence-electron chi connectivity index (χ1n) is 7.87. The average molecular weight is 283 g/mol. The molecule has 20 heavy (non-hydrogen) atoms. The van der Waals surface area contributed by atoms with Gasteiger partial charge in [0, 0.05) is 12.6 Å². The van der Waals surface area contributed by atoms with Crippen molar-refractivity contribution < 1.29 is 14.6 Å². The minimum atomic E-state index is -0.686. The molecule has 0 aliphatic carbocycles. The molecule has 4 nitrogen and oxygen atoms in total. The number of hydrogen-bond donors (Lipinski definition) is 1. The van der Waals surface area contributed by atoms with Gasteiger partial charge in [0.1, 0.15) is 5.60 Å². The number of ketones is 1. The van der Waals surface area contributed by atoms with Crippen molar-refractivity contribution in [3.63, 3.8) is 0 Å². The van der Waals surface area contributed by atoms with E-state index in [9.17, 15) is 9.90 Å². The van der Waals surface area contributed by atoms with Crippen LogP contribution in [0, 0.1) is 5.92 Å². The summed E-state index contributed by atoms with van der Waals surface area (Å²) in [4.78, 5) is 14.9. The van der Waals surface area contributed by atoms with Crippen molar-refractivity contribution in [3.05, 3.63) is 0 Å². The summed E-state index contributed by atoms with van der Waals surface area (Å²) in [5.74, 6) is 0.0908. The lowest BCUT2D eigenvalue weighted by Gasteiger charge is -2.34. The van der Waals surface area contributed by atoms with E-state index in [-0.39, 0.29) is 24.3 Å². The maximum Gasteiger partial charge on any atom is 0.171 e. The van der Waals surface area contributed by atoms with Crippen LogP contribution in [0.3, 0.4) is 0 Å². The van der Waals surface area contributed by atoms with Crippen LogP contribution in [0.25, 0.3) is 0 Å². The third-order valence-corrected chi connectivity index (χ3v) is 4.89. The molecule has 2 unspecified atom stereocenters. The zero-order chi connectivity index (χ0) is 15.0. The SMILES string of the molecule is CC1(C)OC(C)(C)C(CN2CCCCCC2CO)C1=O. The third kappa shape index (κ3) is 3.07. The molecule has 0 amide bonds. The molecular weight excluding hydrogens is 254 g/mol. The molecule has 0 radical (unpaired) electrons. The van der Waals surface area contributed by atoms with Crippen molar-refractivity contribution in [2.45, 2.75) is 70.6 Å². The van der Waals surface area contributed by atoms with Crippen LogP contribution in [-0.4, -0.2) is 52.7 Å². The standard InChI is InChI=1S/C16H29NO3/c1-15(2)13(14(19)16(3,4)20-15)10-17-9-7-5-6-8-12(17)11-18/h12-13,18H,5-11H2,1-4H3. The molecule has 2 heterocycles. The van der Waals surface area contributed by atoms with E-state index in [2.05, 4.69) is 4.90 Å². The summed E-state index contributed by atoms with van der Waals surface area (Å²) in [5, 5.41) is 9.60. The summed E-state index contributed by atoms with van der Waals surface area (Å²) >= 11 is 0. The van der Waals surface area contributed by atoms with E-state index in [1.807, 2.05) is 27.7 Å². The fourth-order valence-corrected chi connectivity index (χ4v) is 3.74. The fraction of sp³-hybridized carbons (Fsp3) is 0.938. The topological polar surface area (TPSA) is 49.8 Å². The van der Waals surface area contributed by atoms with Crippen LogP contribution >= 0.6 is 0 Å². The van der Waals surface area contributed by atoms with Gasteiger partial charge in [-0.15, -0.1) is 0 Å². The Morgan fingerprint density at radius 3 is 2.50 bits per heavy atom. The molecule has 0 aromatic heterocycles. The molecule has 2 fully saturated rings. The lowest BCUT2D eigenvalue weighted by atomic mass is 9.85. The first-order valence-corrected chi connectivity index (χ1v) is 7.87. The Kier molecular flexibility index (Phi) is 4.57. The van der Waals surface area contributed by atoms with Crippen molar-refractivity contribution >= 4 is 5.78 Å². The molecular formula is C16H29NO3. The van der Waals surface area contributed by atoms with Crippen molar-refractivity contribution in [1.82, 2.24) is 4.90 Å². The van der Waals surface area contributed by atoms with Crippen LogP contribution in [0.2, 0.25) is 0 Å². The third-order valence-electron chi connectivity index (χ3n) is 4.89. The minimum Gasteiger partial charge on any atom is -0.395 e. The van der Waals surface area contributed by atoms with Crippen LogP contribution in [0.5, 0.6) is 0 Å². The summed E-state index contributed by atoms with van der Waals surface area (Å²) in [6.07, 6.45) is 4.58. The van der Waals surface area contributed by atoms with E-state index in [0.717, 1.165) is 19.4 Å². The van der Waals surface area contributed by atoms with E-state index in [4.69, 9.17) is 4.74 Å². The fourth-order valence-electron chi connectivity index (χ4n) is 3.74. The summed E-state index contributed by atoms with van der Waals surface area (Å²) in [7, 11) is 0. The van der Waals surface area contributed by atoms with E-state index in [0.29, 0.717) is 6.54 Å². The van der Waals surface area contributed by atoms with Gasteiger partial charge in [-0.25, -0.2) is 0 Å². The molecule has 0 bridgehead atoms. The highest BCUT2D eigenvalue weighted by Gasteiger charge is 2.53. The molecule has 2 atom stereocenters. The van der Waals surface area contributed by atoms with Gasteiger partial charge in [-0.2, -0.15) is 0 Å². The molecule has 2 rings (SSSR count). The normalized spacial score (nSPS) is 34.1. The smallest absolute Gasteiger partial charge is 0.171 e. The number of carbonyl (C=O) groups excluding carboxylic acids is 1. The second-order valence-electron chi connectivity index (χ2n) is 7.31. The number of carbonyl (C=O) groups is 1. The Labute approximate surface area is 122 Å². The highest BCUT2D eigenvalue weighted by atomic mass is 16.5. The Hall–Kier alpha value is -0.450. The van der Waals surface area contributed by atoms with Gasteiger partial charge in [-0.05, 0) is 47.1 Å². The summed E-state index contributed by atoms with van der Waals surface area (Å²) in [5.41, 5.74) is -1.11. The van der Waals surface area contributed by atoms with Gasteiger partial charge >= 0.3 is 0 Å². The quantitative estimate of drug-likeness (QED) is 0.860. The van der Waals surface area contributed by atoms with Gasteiger partial charge in [0.05, 0.1) is 18.1 Å². The van der Waals surface area contributed by atoms with E-state index in [1.54, 1.807) is 0 Å². The average Bonchev–Trinajstić information content (AvgIpc) is 2.53. The van der Waals surface area contributed by atoms with Crippen molar-refractivity contribution in [2.24, 2.45) is 5.92 Å². The first kappa shape index (κ1) is 15.9. The molecule has 4 heteroatoms. The van der Waals surface area contributed by atoms with Crippen LogP contribution in [-0.2, 0) is 9.53 Å². The monoisotopic (exact) mass is 283 g/mol. The van der Waals surface area contributed by atoms with Crippen molar-refractivity contribution in [2.75, 3.05) is 19.7 Å².